The monoisotopic (exact) mass is 1780 g/mol. The summed E-state index contributed by atoms with van der Waals surface area (Å²) in [6.07, 6.45) is -30.2. The molecule has 0 heterocycles. The predicted molar refractivity (Wildman–Crippen MR) is 406 cm³/mol. The molecule has 48 nitrogen and oxygen atoms in total. The van der Waals surface area contributed by atoms with Crippen LogP contribution in [0.25, 0.3) is 0 Å². The predicted octanol–water partition coefficient (Wildman–Crippen LogP) is -2.91. The number of hydrogen-bond acceptors (Lipinski definition) is 42. The Kier molecular flexibility index (Phi) is 51.0. The lowest BCUT2D eigenvalue weighted by atomic mass is 9.88. The zero-order valence-corrected chi connectivity index (χ0v) is 72.8. The van der Waals surface area contributed by atoms with E-state index in [9.17, 15) is 110 Å². The number of esters is 18. The van der Waals surface area contributed by atoms with Crippen molar-refractivity contribution in [1.82, 2.24) is 31.1 Å². The van der Waals surface area contributed by atoms with Crippen LogP contribution in [0.15, 0.2) is 0 Å². The molecule has 698 valence electrons. The van der Waals surface area contributed by atoms with Gasteiger partial charge in [0, 0.05) is 201 Å². The molecule has 0 aliphatic heterocycles. The third-order valence-corrected chi connectivity index (χ3v) is 16.3. The van der Waals surface area contributed by atoms with Gasteiger partial charge in [-0.3, -0.25) is 115 Å². The van der Waals surface area contributed by atoms with Crippen molar-refractivity contribution in [2.45, 2.75) is 244 Å². The zero-order chi connectivity index (χ0) is 95.3. The van der Waals surface area contributed by atoms with E-state index in [0.29, 0.717) is 0 Å². The molecule has 4 N–H and O–H groups in total. The van der Waals surface area contributed by atoms with Gasteiger partial charge in [-0.15, -0.1) is 0 Å². The van der Waals surface area contributed by atoms with E-state index in [1.165, 1.54) is 20.8 Å². The number of carbonyl (C=O) groups excluding carboxylic acids is 24. The minimum absolute atomic E-state index is 0.345. The number of ether oxygens (including phenoxy) is 18. The van der Waals surface area contributed by atoms with Crippen molar-refractivity contribution in [2.75, 3.05) is 78.8 Å². The summed E-state index contributed by atoms with van der Waals surface area (Å²) in [6.45, 7) is 11.5. The minimum atomic E-state index is -2.39. The molecule has 6 amide bonds. The topological polar surface area (TPSA) is 630 Å². The first-order chi connectivity index (χ1) is 57.6. The lowest BCUT2D eigenvalue weighted by molar-refractivity contribution is -0.203. The molecule has 0 saturated carbocycles. The molecule has 124 heavy (non-hydrogen) atoms. The van der Waals surface area contributed by atoms with E-state index in [-0.39, 0.29) is 6.61 Å². The van der Waals surface area contributed by atoms with E-state index in [0.717, 1.165) is 134 Å². The maximum atomic E-state index is 15.1. The van der Waals surface area contributed by atoms with Gasteiger partial charge in [0.05, 0.1) is 6.61 Å². The van der Waals surface area contributed by atoms with Gasteiger partial charge < -0.3 is 116 Å². The van der Waals surface area contributed by atoms with Crippen LogP contribution in [0.3, 0.4) is 0 Å². The fourth-order valence-corrected chi connectivity index (χ4v) is 11.6. The van der Waals surface area contributed by atoms with Gasteiger partial charge in [0.1, 0.15) is 25.9 Å². The first-order valence-electron chi connectivity index (χ1n) is 38.2. The van der Waals surface area contributed by atoms with Crippen molar-refractivity contribution in [2.24, 2.45) is 17.8 Å². The summed E-state index contributed by atoms with van der Waals surface area (Å²) >= 11 is 0. The molecular weight excluding hydrogens is 1670 g/mol. The molecule has 0 aliphatic carbocycles. The lowest BCUT2D eigenvalue weighted by Crippen LogP contribution is -2.58. The van der Waals surface area contributed by atoms with E-state index in [4.69, 9.17) is 85.3 Å². The molecule has 0 aromatic heterocycles. The number of hydrogen-bond donors (Lipinski definition) is 4. The Bertz CT molecular complexity index is 3670. The van der Waals surface area contributed by atoms with Gasteiger partial charge in [0.15, 0.2) is 61.0 Å². The van der Waals surface area contributed by atoms with E-state index in [2.05, 4.69) is 21.3 Å². The fraction of sp³-hybridized carbons (Fsp3) is 0.684. The average molecular weight is 1780 g/mol. The van der Waals surface area contributed by atoms with Crippen LogP contribution >= 0.6 is 0 Å². The van der Waals surface area contributed by atoms with Gasteiger partial charge >= 0.3 is 107 Å². The molecule has 0 aliphatic rings. The molecule has 17 atom stereocenters. The van der Waals surface area contributed by atoms with Gasteiger partial charge in [0.2, 0.25) is 30.1 Å². The summed E-state index contributed by atoms with van der Waals surface area (Å²) in [7, 11) is 0. The molecule has 0 spiro atoms. The maximum Gasteiger partial charge on any atom is 0.303 e. The van der Waals surface area contributed by atoms with Crippen LogP contribution in [-0.2, 0) is 200 Å². The Hall–Kier alpha value is -12.7. The lowest BCUT2D eigenvalue weighted by Gasteiger charge is -2.35. The molecule has 16 unspecified atom stereocenters. The van der Waals surface area contributed by atoms with Crippen LogP contribution in [0.2, 0.25) is 0 Å². The zero-order valence-electron chi connectivity index (χ0n) is 72.8. The second-order valence-electron chi connectivity index (χ2n) is 27.4. The first-order valence-corrected chi connectivity index (χ1v) is 38.2. The van der Waals surface area contributed by atoms with Crippen LogP contribution in [-0.4, -0.2) is 317 Å². The van der Waals surface area contributed by atoms with Crippen molar-refractivity contribution in [1.29, 1.82) is 0 Å². The standard InChI is InChI=1S/C76H112N6O42/c1-36(76(106)82(30-26-77-72(102)62(115-47(12)91)38(3)61(114-46(11)90)37(2)32-107-39(4)83)31-27-80-75(105)71(124-56(21)100)68(121-53(18)97)65(118-50(15)94)59(113-45(10)89)35-110-42(7)86)22-23-60(101)81(28-24-78-73(103)69(122-54(19)98)66(119-51(16)95)63(116-48(13)92)57(111-43(8)87)33-108-40(5)84)29-25-79-74(104)70(123-55(20)99)67(120-52(17)96)64(117-49(14)93)58(112-44(9)88)34-109-41(6)85/h36-38,57-59,61-71H,22-35H2,1-21H3,(H,77,102)(H,78,103)(H,79,104)(H,80,105)/t36-,37?,38?,57?,58?,59?,61?,62?,63?,64?,65?,66?,67?,68?,69?,70?,71?/m0/s1. The minimum Gasteiger partial charge on any atom is -0.465 e. The van der Waals surface area contributed by atoms with Crippen LogP contribution in [0.1, 0.15) is 158 Å². The maximum absolute atomic E-state index is 15.1. The smallest absolute Gasteiger partial charge is 0.303 e. The highest BCUT2D eigenvalue weighted by Gasteiger charge is 2.51. The molecule has 0 saturated heterocycles. The highest BCUT2D eigenvalue weighted by atomic mass is 16.7. The van der Waals surface area contributed by atoms with E-state index in [1.807, 2.05) is 0 Å². The second-order valence-corrected chi connectivity index (χ2v) is 27.4. The summed E-state index contributed by atoms with van der Waals surface area (Å²) in [4.78, 5) is 315. The van der Waals surface area contributed by atoms with Crippen molar-refractivity contribution >= 4 is 143 Å². The Morgan fingerprint density at radius 3 is 0.710 bits per heavy atom. The van der Waals surface area contributed by atoms with Gasteiger partial charge in [-0.1, -0.05) is 20.8 Å². The molecule has 0 fully saturated rings. The van der Waals surface area contributed by atoms with Gasteiger partial charge in [-0.25, -0.2) is 0 Å². The van der Waals surface area contributed by atoms with Crippen LogP contribution < -0.4 is 21.3 Å². The number of carbonyl (C=O) groups is 24. The second kappa shape index (κ2) is 56.8. The van der Waals surface area contributed by atoms with Crippen molar-refractivity contribution in [3.63, 3.8) is 0 Å². The summed E-state index contributed by atoms with van der Waals surface area (Å²) in [5.74, 6) is -30.3. The third kappa shape index (κ3) is 45.2. The third-order valence-electron chi connectivity index (χ3n) is 16.3. The molecule has 0 aromatic rings. The molecule has 0 radical (unpaired) electrons. The van der Waals surface area contributed by atoms with E-state index >= 15 is 4.79 Å². The van der Waals surface area contributed by atoms with Crippen LogP contribution in [0, 0.1) is 17.8 Å². The highest BCUT2D eigenvalue weighted by Crippen LogP contribution is 2.27. The normalized spacial score (nSPS) is 14.8. The van der Waals surface area contributed by atoms with Crippen molar-refractivity contribution in [3.05, 3.63) is 0 Å². The van der Waals surface area contributed by atoms with E-state index in [1.54, 1.807) is 0 Å². The molecular formula is C76H112N6O42. The average Bonchev–Trinajstić information content (AvgIpc) is 0.820. The van der Waals surface area contributed by atoms with Crippen LogP contribution in [0.4, 0.5) is 0 Å². The largest absolute Gasteiger partial charge is 0.465 e. The molecule has 0 rings (SSSR count). The van der Waals surface area contributed by atoms with Gasteiger partial charge in [-0.2, -0.15) is 0 Å². The number of nitrogens with zero attached hydrogens (tertiary/aromatic N) is 2. The molecule has 0 aromatic carbocycles. The quantitative estimate of drug-likeness (QED) is 0.0350. The number of amides is 6. The summed E-state index contributed by atoms with van der Waals surface area (Å²) in [5.41, 5.74) is 0. The Morgan fingerprint density at radius 1 is 0.242 bits per heavy atom. The Morgan fingerprint density at radius 2 is 0.460 bits per heavy atom. The van der Waals surface area contributed by atoms with Crippen molar-refractivity contribution < 1.29 is 200 Å². The van der Waals surface area contributed by atoms with Gasteiger partial charge in [-0.05, 0) is 6.42 Å². The Balaban J connectivity index is 8.68. The van der Waals surface area contributed by atoms with Crippen molar-refractivity contribution in [3.8, 4) is 0 Å². The summed E-state index contributed by atoms with van der Waals surface area (Å²) in [5, 5.41) is 9.61. The van der Waals surface area contributed by atoms with Crippen LogP contribution in [0.5, 0.6) is 0 Å². The molecule has 48 heteroatoms. The number of nitrogens with one attached hydrogen (secondary N) is 4. The summed E-state index contributed by atoms with van der Waals surface area (Å²) in [6, 6.07) is 0. The fourth-order valence-electron chi connectivity index (χ4n) is 11.6. The molecule has 0 bridgehead atoms. The summed E-state index contributed by atoms with van der Waals surface area (Å²) < 4.78 is 95.1. The SMILES string of the molecule is CC(=O)OCC(C)C(OC(C)=O)C(C)C(OC(C)=O)C(=O)NCCN(CCNC(=O)C(OC(C)=O)C(OC(C)=O)C(OC(C)=O)C(COC(C)=O)OC(C)=O)C(=O)[C@@H](C)CCC(=O)N(CCNC(=O)C(OC(C)=O)C(OC(C)=O)C(OC(C)=O)C(COC(C)=O)OC(C)=O)CCNC(=O)C(OC(C)=O)C(OC(C)=O)C(OC(C)=O)C(COC(C)=O)OC(C)=O. The highest BCUT2D eigenvalue weighted by molar-refractivity contribution is 5.88. The Labute approximate surface area is 712 Å². The first kappa shape index (κ1) is 111. The number of rotatable bonds is 54. The van der Waals surface area contributed by atoms with E-state index < -0.39 is 331 Å². The van der Waals surface area contributed by atoms with Gasteiger partial charge in [0.25, 0.3) is 23.6 Å².